The third-order valence-electron chi connectivity index (χ3n) is 5.48. The highest BCUT2D eigenvalue weighted by molar-refractivity contribution is 7.89. The highest BCUT2D eigenvalue weighted by Crippen LogP contribution is 2.22. The molecule has 2 aliphatic rings. The summed E-state index contributed by atoms with van der Waals surface area (Å²) in [5.74, 6) is -0.792. The van der Waals surface area contributed by atoms with Crippen LogP contribution in [0.4, 0.5) is 0 Å². The lowest BCUT2D eigenvalue weighted by atomic mass is 9.95. The molecule has 0 saturated carbocycles. The van der Waals surface area contributed by atoms with E-state index in [2.05, 4.69) is 0 Å². The van der Waals surface area contributed by atoms with Gasteiger partial charge in [-0.15, -0.1) is 0 Å². The van der Waals surface area contributed by atoms with Gasteiger partial charge in [-0.25, -0.2) is 8.42 Å². The molecule has 1 saturated heterocycles. The van der Waals surface area contributed by atoms with Crippen molar-refractivity contribution in [2.45, 2.75) is 38.0 Å². The normalized spacial score (nSPS) is 20.5. The maximum absolute atomic E-state index is 12.9. The number of piperazine rings is 1. The molecule has 1 aliphatic carbocycles. The molecule has 29 heavy (non-hydrogen) atoms. The highest BCUT2D eigenvalue weighted by atomic mass is 32.2. The molecule has 158 valence electrons. The second-order valence-corrected chi connectivity index (χ2v) is 9.55. The fourth-order valence-electron chi connectivity index (χ4n) is 3.76. The van der Waals surface area contributed by atoms with E-state index in [1.54, 1.807) is 24.0 Å². The van der Waals surface area contributed by atoms with Crippen molar-refractivity contribution in [3.05, 3.63) is 41.5 Å². The number of esters is 1. The lowest BCUT2D eigenvalue weighted by Crippen LogP contribution is -2.51. The summed E-state index contributed by atoms with van der Waals surface area (Å²) in [5.41, 5.74) is 1.73. The van der Waals surface area contributed by atoms with Crippen LogP contribution in [0, 0.1) is 19.8 Å². The minimum Gasteiger partial charge on any atom is -0.455 e. The van der Waals surface area contributed by atoms with Gasteiger partial charge in [-0.3, -0.25) is 9.59 Å². The zero-order valence-corrected chi connectivity index (χ0v) is 17.8. The summed E-state index contributed by atoms with van der Waals surface area (Å²) in [7, 11) is -3.60. The summed E-state index contributed by atoms with van der Waals surface area (Å²) in [5, 5.41) is 0. The average Bonchev–Trinajstić information content (AvgIpc) is 2.72. The highest BCUT2D eigenvalue weighted by Gasteiger charge is 2.31. The number of nitrogens with zero attached hydrogens (tertiary/aromatic N) is 2. The second-order valence-electron chi connectivity index (χ2n) is 7.64. The fraction of sp³-hybridized carbons (Fsp3) is 0.524. The standard InChI is InChI=1S/C21H28N2O5S/c1-16-8-9-19(17(2)14-16)29(26,27)23-12-10-22(11-13-23)20(24)15-28-21(25)18-6-4-3-5-7-18/h3-4,8-9,14,18H,5-7,10-13,15H2,1-2H3/t18-/m0/s1. The van der Waals surface area contributed by atoms with Crippen molar-refractivity contribution in [1.82, 2.24) is 9.21 Å². The van der Waals surface area contributed by atoms with E-state index in [9.17, 15) is 18.0 Å². The molecule has 1 atom stereocenters. The van der Waals surface area contributed by atoms with Crippen molar-refractivity contribution in [2.24, 2.45) is 5.92 Å². The molecule has 0 unspecified atom stereocenters. The molecule has 1 amide bonds. The number of sulfonamides is 1. The zero-order chi connectivity index (χ0) is 21.0. The van der Waals surface area contributed by atoms with Crippen LogP contribution < -0.4 is 0 Å². The minimum atomic E-state index is -3.60. The predicted molar refractivity (Wildman–Crippen MR) is 109 cm³/mol. The van der Waals surface area contributed by atoms with Gasteiger partial charge in [-0.1, -0.05) is 29.8 Å². The second kappa shape index (κ2) is 9.09. The molecule has 3 rings (SSSR count). The van der Waals surface area contributed by atoms with Gasteiger partial charge in [-0.05, 0) is 44.7 Å². The van der Waals surface area contributed by atoms with Crippen molar-refractivity contribution < 1.29 is 22.7 Å². The van der Waals surface area contributed by atoms with E-state index in [1.165, 1.54) is 4.31 Å². The summed E-state index contributed by atoms with van der Waals surface area (Å²) >= 11 is 0. The van der Waals surface area contributed by atoms with Gasteiger partial charge in [0, 0.05) is 26.2 Å². The topological polar surface area (TPSA) is 84.0 Å². The lowest BCUT2D eigenvalue weighted by molar-refractivity contribution is -0.156. The molecule has 1 aromatic rings. The van der Waals surface area contributed by atoms with Crippen LogP contribution >= 0.6 is 0 Å². The molecule has 0 N–H and O–H groups in total. The van der Waals surface area contributed by atoms with Gasteiger partial charge in [0.2, 0.25) is 10.0 Å². The summed E-state index contributed by atoms with van der Waals surface area (Å²) in [6.45, 7) is 4.44. The number of ether oxygens (including phenoxy) is 1. The summed E-state index contributed by atoms with van der Waals surface area (Å²) < 4.78 is 32.5. The van der Waals surface area contributed by atoms with Crippen LogP contribution in [0.5, 0.6) is 0 Å². The van der Waals surface area contributed by atoms with Gasteiger partial charge in [0.25, 0.3) is 5.91 Å². The number of rotatable bonds is 5. The Labute approximate surface area is 172 Å². The van der Waals surface area contributed by atoms with E-state index in [0.29, 0.717) is 16.9 Å². The van der Waals surface area contributed by atoms with E-state index in [1.807, 2.05) is 25.1 Å². The minimum absolute atomic E-state index is 0.174. The number of carbonyl (C=O) groups excluding carboxylic acids is 2. The number of amides is 1. The number of hydrogen-bond acceptors (Lipinski definition) is 5. The Hall–Kier alpha value is -2.19. The lowest BCUT2D eigenvalue weighted by Gasteiger charge is -2.34. The van der Waals surface area contributed by atoms with E-state index in [-0.39, 0.29) is 50.6 Å². The predicted octanol–water partition coefficient (Wildman–Crippen LogP) is 2.04. The zero-order valence-electron chi connectivity index (χ0n) is 17.0. The first kappa shape index (κ1) is 21.5. The number of hydrogen-bond donors (Lipinski definition) is 0. The van der Waals surface area contributed by atoms with E-state index >= 15 is 0 Å². The quantitative estimate of drug-likeness (QED) is 0.538. The van der Waals surface area contributed by atoms with Crippen molar-refractivity contribution in [2.75, 3.05) is 32.8 Å². The molecule has 0 radical (unpaired) electrons. The van der Waals surface area contributed by atoms with Gasteiger partial charge in [-0.2, -0.15) is 4.31 Å². The Bertz CT molecular complexity index is 902. The van der Waals surface area contributed by atoms with Gasteiger partial charge < -0.3 is 9.64 Å². The summed E-state index contributed by atoms with van der Waals surface area (Å²) in [6, 6.07) is 5.27. The van der Waals surface area contributed by atoms with Crippen LogP contribution in [0.3, 0.4) is 0 Å². The summed E-state index contributed by atoms with van der Waals surface area (Å²) in [6.07, 6.45) is 6.26. The Morgan fingerprint density at radius 3 is 2.45 bits per heavy atom. The Morgan fingerprint density at radius 2 is 1.83 bits per heavy atom. The van der Waals surface area contributed by atoms with Gasteiger partial charge in [0.15, 0.2) is 6.61 Å². The van der Waals surface area contributed by atoms with Crippen molar-refractivity contribution >= 4 is 21.9 Å². The maximum Gasteiger partial charge on any atom is 0.309 e. The number of benzene rings is 1. The number of allylic oxidation sites excluding steroid dienone is 2. The van der Waals surface area contributed by atoms with Crippen molar-refractivity contribution in [1.29, 1.82) is 0 Å². The van der Waals surface area contributed by atoms with Crippen LogP contribution in [0.25, 0.3) is 0 Å². The molecule has 1 heterocycles. The van der Waals surface area contributed by atoms with Gasteiger partial charge >= 0.3 is 5.97 Å². The number of carbonyl (C=O) groups is 2. The monoisotopic (exact) mass is 420 g/mol. The SMILES string of the molecule is Cc1ccc(S(=O)(=O)N2CCN(C(=O)COC(=O)[C@H]3CC=CCC3)CC2)c(C)c1. The Kier molecular flexibility index (Phi) is 6.74. The third kappa shape index (κ3) is 5.05. The average molecular weight is 421 g/mol. The molecule has 0 spiro atoms. The maximum atomic E-state index is 12.9. The fourth-order valence-corrected chi connectivity index (χ4v) is 5.38. The first-order valence-corrected chi connectivity index (χ1v) is 11.4. The Balaban J connectivity index is 1.52. The number of aryl methyl sites for hydroxylation is 2. The first-order chi connectivity index (χ1) is 13.8. The molecule has 1 fully saturated rings. The van der Waals surface area contributed by atoms with Crippen LogP contribution in [0.15, 0.2) is 35.2 Å². The first-order valence-electron chi connectivity index (χ1n) is 9.96. The Morgan fingerprint density at radius 1 is 1.10 bits per heavy atom. The van der Waals surface area contributed by atoms with Gasteiger partial charge in [0.1, 0.15) is 0 Å². The third-order valence-corrected chi connectivity index (χ3v) is 7.54. The molecular weight excluding hydrogens is 392 g/mol. The molecular formula is C21H28N2O5S. The molecule has 1 aliphatic heterocycles. The van der Waals surface area contributed by atoms with Crippen LogP contribution in [0.1, 0.15) is 30.4 Å². The molecule has 0 aromatic heterocycles. The van der Waals surface area contributed by atoms with E-state index in [0.717, 1.165) is 18.4 Å². The molecule has 1 aromatic carbocycles. The van der Waals surface area contributed by atoms with E-state index < -0.39 is 10.0 Å². The smallest absolute Gasteiger partial charge is 0.309 e. The van der Waals surface area contributed by atoms with Crippen molar-refractivity contribution in [3.63, 3.8) is 0 Å². The largest absolute Gasteiger partial charge is 0.455 e. The molecule has 7 nitrogen and oxygen atoms in total. The van der Waals surface area contributed by atoms with Crippen LogP contribution in [0.2, 0.25) is 0 Å². The van der Waals surface area contributed by atoms with Crippen LogP contribution in [-0.2, 0) is 24.3 Å². The molecule has 0 bridgehead atoms. The van der Waals surface area contributed by atoms with Crippen molar-refractivity contribution in [3.8, 4) is 0 Å². The summed E-state index contributed by atoms with van der Waals surface area (Å²) in [4.78, 5) is 26.3. The van der Waals surface area contributed by atoms with E-state index in [4.69, 9.17) is 4.74 Å². The van der Waals surface area contributed by atoms with Crippen LogP contribution in [-0.4, -0.2) is 62.3 Å². The molecule has 8 heteroatoms. The van der Waals surface area contributed by atoms with Gasteiger partial charge in [0.05, 0.1) is 10.8 Å².